The van der Waals surface area contributed by atoms with E-state index in [0.717, 1.165) is 6.07 Å². The Balaban J connectivity index is 2.09. The molecule has 21 heavy (non-hydrogen) atoms. The number of benzene rings is 1. The standard InChI is InChI=1S/C14H17F3N2O2/c1-9(13(20)19-7-6-10(18)8-19)21-12-5-3-2-4-11(12)14(15,16)17/h2-5,9-10H,6-8,18H2,1H3/t9-,10+/m1/s1. The van der Waals surface area contributed by atoms with Crippen molar-refractivity contribution >= 4 is 5.91 Å². The Labute approximate surface area is 120 Å². The van der Waals surface area contributed by atoms with Gasteiger partial charge in [-0.15, -0.1) is 0 Å². The summed E-state index contributed by atoms with van der Waals surface area (Å²) in [6, 6.07) is 4.78. The molecule has 2 atom stereocenters. The van der Waals surface area contributed by atoms with Gasteiger partial charge in [0.05, 0.1) is 5.56 Å². The number of nitrogens with two attached hydrogens (primary N) is 1. The highest BCUT2D eigenvalue weighted by Crippen LogP contribution is 2.36. The Kier molecular flexibility index (Phi) is 4.41. The Bertz CT molecular complexity index is 519. The lowest BCUT2D eigenvalue weighted by Gasteiger charge is -2.23. The van der Waals surface area contributed by atoms with E-state index in [-0.39, 0.29) is 17.7 Å². The Morgan fingerprint density at radius 2 is 2.10 bits per heavy atom. The first kappa shape index (κ1) is 15.6. The van der Waals surface area contributed by atoms with Crippen molar-refractivity contribution < 1.29 is 22.7 Å². The van der Waals surface area contributed by atoms with Crippen LogP contribution in [0, 0.1) is 0 Å². The summed E-state index contributed by atoms with van der Waals surface area (Å²) in [5, 5.41) is 0. The normalized spacial score (nSPS) is 20.4. The molecule has 0 spiro atoms. The molecule has 0 radical (unpaired) electrons. The zero-order valence-electron chi connectivity index (χ0n) is 11.6. The summed E-state index contributed by atoms with van der Waals surface area (Å²) < 4.78 is 43.8. The van der Waals surface area contributed by atoms with Gasteiger partial charge in [0.1, 0.15) is 5.75 Å². The van der Waals surface area contributed by atoms with Crippen LogP contribution in [-0.4, -0.2) is 36.0 Å². The molecule has 0 bridgehead atoms. The number of carbonyl (C=O) groups is 1. The van der Waals surface area contributed by atoms with Crippen LogP contribution in [0.2, 0.25) is 0 Å². The van der Waals surface area contributed by atoms with E-state index in [1.165, 1.54) is 30.0 Å². The minimum atomic E-state index is -4.52. The average molecular weight is 302 g/mol. The molecule has 1 fully saturated rings. The summed E-state index contributed by atoms with van der Waals surface area (Å²) in [6.07, 6.45) is -4.81. The molecule has 0 saturated carbocycles. The van der Waals surface area contributed by atoms with Crippen LogP contribution < -0.4 is 10.5 Å². The van der Waals surface area contributed by atoms with E-state index in [1.807, 2.05) is 0 Å². The zero-order chi connectivity index (χ0) is 15.6. The fraction of sp³-hybridized carbons (Fsp3) is 0.500. The SMILES string of the molecule is C[C@@H](Oc1ccccc1C(F)(F)F)C(=O)N1CC[C@H](N)C1. The highest BCUT2D eigenvalue weighted by molar-refractivity contribution is 5.81. The van der Waals surface area contributed by atoms with E-state index in [2.05, 4.69) is 0 Å². The van der Waals surface area contributed by atoms with Crippen molar-refractivity contribution in [3.63, 3.8) is 0 Å². The van der Waals surface area contributed by atoms with Crippen molar-refractivity contribution in [2.24, 2.45) is 5.73 Å². The van der Waals surface area contributed by atoms with Crippen LogP contribution in [0.4, 0.5) is 13.2 Å². The summed E-state index contributed by atoms with van der Waals surface area (Å²) in [7, 11) is 0. The third kappa shape index (κ3) is 3.66. The van der Waals surface area contributed by atoms with Gasteiger partial charge >= 0.3 is 6.18 Å². The van der Waals surface area contributed by atoms with E-state index < -0.39 is 17.8 Å². The molecule has 7 heteroatoms. The predicted molar refractivity (Wildman–Crippen MR) is 70.7 cm³/mol. The molecule has 2 rings (SSSR count). The number of likely N-dealkylation sites (tertiary alicyclic amines) is 1. The molecule has 1 saturated heterocycles. The Hall–Kier alpha value is -1.76. The first-order chi connectivity index (χ1) is 9.79. The lowest BCUT2D eigenvalue weighted by molar-refractivity contribution is -0.143. The van der Waals surface area contributed by atoms with Gasteiger partial charge < -0.3 is 15.4 Å². The smallest absolute Gasteiger partial charge is 0.419 e. The number of rotatable bonds is 3. The van der Waals surface area contributed by atoms with Crippen LogP contribution in [-0.2, 0) is 11.0 Å². The van der Waals surface area contributed by atoms with E-state index in [4.69, 9.17) is 10.5 Å². The molecule has 1 aromatic rings. The van der Waals surface area contributed by atoms with Crippen LogP contribution in [0.3, 0.4) is 0 Å². The van der Waals surface area contributed by atoms with Gasteiger partial charge in [-0.1, -0.05) is 12.1 Å². The lowest BCUT2D eigenvalue weighted by atomic mass is 10.2. The summed E-state index contributed by atoms with van der Waals surface area (Å²) in [4.78, 5) is 13.6. The molecule has 1 aliphatic heterocycles. The monoisotopic (exact) mass is 302 g/mol. The van der Waals surface area contributed by atoms with Gasteiger partial charge in [0.2, 0.25) is 0 Å². The third-order valence-electron chi connectivity index (χ3n) is 3.38. The van der Waals surface area contributed by atoms with E-state index in [0.29, 0.717) is 19.5 Å². The van der Waals surface area contributed by atoms with Gasteiger partial charge in [-0.3, -0.25) is 4.79 Å². The molecular formula is C14H17F3N2O2. The van der Waals surface area contributed by atoms with E-state index in [1.54, 1.807) is 0 Å². The van der Waals surface area contributed by atoms with Crippen molar-refractivity contribution in [3.8, 4) is 5.75 Å². The van der Waals surface area contributed by atoms with Crippen LogP contribution in [0.1, 0.15) is 18.9 Å². The van der Waals surface area contributed by atoms with Crippen molar-refractivity contribution in [1.29, 1.82) is 0 Å². The van der Waals surface area contributed by atoms with Crippen LogP contribution in [0.15, 0.2) is 24.3 Å². The highest BCUT2D eigenvalue weighted by atomic mass is 19.4. The van der Waals surface area contributed by atoms with Gasteiger partial charge in [-0.05, 0) is 25.5 Å². The highest BCUT2D eigenvalue weighted by Gasteiger charge is 2.35. The van der Waals surface area contributed by atoms with Crippen molar-refractivity contribution in [2.75, 3.05) is 13.1 Å². The van der Waals surface area contributed by atoms with Crippen molar-refractivity contribution in [3.05, 3.63) is 29.8 Å². The number of hydrogen-bond donors (Lipinski definition) is 1. The molecule has 1 amide bonds. The van der Waals surface area contributed by atoms with Crippen LogP contribution >= 0.6 is 0 Å². The molecule has 1 heterocycles. The Morgan fingerprint density at radius 3 is 2.67 bits per heavy atom. The molecule has 0 aromatic heterocycles. The largest absolute Gasteiger partial charge is 0.480 e. The first-order valence-electron chi connectivity index (χ1n) is 6.66. The van der Waals surface area contributed by atoms with Crippen molar-refractivity contribution in [1.82, 2.24) is 4.90 Å². The van der Waals surface area contributed by atoms with Gasteiger partial charge in [-0.25, -0.2) is 0 Å². The van der Waals surface area contributed by atoms with Crippen molar-refractivity contribution in [2.45, 2.75) is 31.7 Å². The number of amides is 1. The number of nitrogens with zero attached hydrogens (tertiary/aromatic N) is 1. The van der Waals surface area contributed by atoms with Crippen LogP contribution in [0.5, 0.6) is 5.75 Å². The fourth-order valence-electron chi connectivity index (χ4n) is 2.29. The van der Waals surface area contributed by atoms with Gasteiger partial charge in [0.25, 0.3) is 5.91 Å². The fourth-order valence-corrected chi connectivity index (χ4v) is 2.29. The summed E-state index contributed by atoms with van der Waals surface area (Å²) in [6.45, 7) is 2.36. The number of hydrogen-bond acceptors (Lipinski definition) is 3. The van der Waals surface area contributed by atoms with Gasteiger partial charge in [0.15, 0.2) is 6.10 Å². The topological polar surface area (TPSA) is 55.6 Å². The molecule has 2 N–H and O–H groups in total. The second-order valence-electron chi connectivity index (χ2n) is 5.09. The summed E-state index contributed by atoms with van der Waals surface area (Å²) in [5.74, 6) is -0.686. The predicted octanol–water partition coefficient (Wildman–Crippen LogP) is 2.03. The number of alkyl halides is 3. The zero-order valence-corrected chi connectivity index (χ0v) is 11.6. The molecule has 1 aromatic carbocycles. The van der Waals surface area contributed by atoms with Gasteiger partial charge in [0, 0.05) is 19.1 Å². The summed E-state index contributed by atoms with van der Waals surface area (Å²) in [5.41, 5.74) is 4.83. The molecule has 0 aliphatic carbocycles. The second-order valence-corrected chi connectivity index (χ2v) is 5.09. The molecule has 116 valence electrons. The maximum atomic E-state index is 12.9. The summed E-state index contributed by atoms with van der Waals surface area (Å²) >= 11 is 0. The van der Waals surface area contributed by atoms with Crippen LogP contribution in [0.25, 0.3) is 0 Å². The Morgan fingerprint density at radius 1 is 1.43 bits per heavy atom. The maximum absolute atomic E-state index is 12.9. The number of para-hydroxylation sites is 1. The first-order valence-corrected chi connectivity index (χ1v) is 6.66. The minimum absolute atomic E-state index is 0.0800. The quantitative estimate of drug-likeness (QED) is 0.929. The minimum Gasteiger partial charge on any atom is -0.480 e. The number of carbonyl (C=O) groups excluding carboxylic acids is 1. The third-order valence-corrected chi connectivity index (χ3v) is 3.38. The maximum Gasteiger partial charge on any atom is 0.419 e. The lowest BCUT2D eigenvalue weighted by Crippen LogP contribution is -2.40. The average Bonchev–Trinajstić information content (AvgIpc) is 2.84. The number of ether oxygens (including phenoxy) is 1. The van der Waals surface area contributed by atoms with Gasteiger partial charge in [-0.2, -0.15) is 13.2 Å². The van der Waals surface area contributed by atoms with E-state index >= 15 is 0 Å². The van der Waals surface area contributed by atoms with E-state index in [9.17, 15) is 18.0 Å². The second kappa shape index (κ2) is 5.93. The molecular weight excluding hydrogens is 285 g/mol. The number of halogens is 3. The molecule has 0 unspecified atom stereocenters. The molecule has 1 aliphatic rings. The molecule has 4 nitrogen and oxygen atoms in total.